The van der Waals surface area contributed by atoms with Crippen molar-refractivity contribution in [1.82, 2.24) is 9.88 Å². The summed E-state index contributed by atoms with van der Waals surface area (Å²) in [7, 11) is 0. The van der Waals surface area contributed by atoms with Crippen molar-refractivity contribution in [2.24, 2.45) is 4.40 Å². The summed E-state index contributed by atoms with van der Waals surface area (Å²) >= 11 is 0.920. The Bertz CT molecular complexity index is 1760. The number of hydrogen-bond donors (Lipinski definition) is 2. The molecule has 206 valence electrons. The van der Waals surface area contributed by atoms with E-state index < -0.39 is 6.36 Å². The number of carbonyl (C=O) groups is 1. The fourth-order valence-electron chi connectivity index (χ4n) is 4.82. The van der Waals surface area contributed by atoms with Gasteiger partial charge in [-0.25, -0.2) is 9.19 Å². The van der Waals surface area contributed by atoms with Crippen LogP contribution in [0.15, 0.2) is 93.8 Å². The van der Waals surface area contributed by atoms with Gasteiger partial charge >= 0.3 is 12.4 Å². The molecule has 0 atom stereocenters. The number of aryl methyl sites for hydroxylation is 1. The standard InChI is InChI=1S/C30H21F3N4O3S/c31-30(32,33)39-22-12-9-20(10-13-22)28-25-15-11-21-16-18(8-14-24(21)27(25)36-40-28)17-34-41-37-29(38)35-26-7-3-5-19-4-1-2-6-23(19)26/h1-10,12-14,16-17H,11,15H2,(H2,35,37,38)/b34-17+. The number of alkyl halides is 3. The lowest BCUT2D eigenvalue weighted by molar-refractivity contribution is -0.274. The van der Waals surface area contributed by atoms with E-state index in [0.29, 0.717) is 29.1 Å². The third-order valence-corrected chi connectivity index (χ3v) is 7.09. The molecule has 0 radical (unpaired) electrons. The first-order valence-corrected chi connectivity index (χ1v) is 13.3. The third kappa shape index (κ3) is 5.90. The van der Waals surface area contributed by atoms with Gasteiger partial charge in [-0.05, 0) is 65.8 Å². The maximum absolute atomic E-state index is 12.5. The Morgan fingerprint density at radius 3 is 2.63 bits per heavy atom. The highest BCUT2D eigenvalue weighted by atomic mass is 32.2. The summed E-state index contributed by atoms with van der Waals surface area (Å²) in [6, 6.07) is 24.5. The van der Waals surface area contributed by atoms with Crippen molar-refractivity contribution in [3.05, 3.63) is 102 Å². The lowest BCUT2D eigenvalue weighted by atomic mass is 9.87. The highest BCUT2D eigenvalue weighted by Crippen LogP contribution is 2.39. The minimum Gasteiger partial charge on any atom is -0.406 e. The Morgan fingerprint density at radius 1 is 1.00 bits per heavy atom. The van der Waals surface area contributed by atoms with Crippen LogP contribution in [0.4, 0.5) is 23.7 Å². The lowest BCUT2D eigenvalue weighted by Crippen LogP contribution is -2.22. The van der Waals surface area contributed by atoms with E-state index in [1.807, 2.05) is 60.7 Å². The van der Waals surface area contributed by atoms with E-state index in [4.69, 9.17) is 4.52 Å². The Labute approximate surface area is 236 Å². The van der Waals surface area contributed by atoms with Gasteiger partial charge in [-0.15, -0.1) is 13.2 Å². The largest absolute Gasteiger partial charge is 0.573 e. The second-order valence-electron chi connectivity index (χ2n) is 9.24. The topological polar surface area (TPSA) is 88.8 Å². The molecule has 0 aliphatic heterocycles. The van der Waals surface area contributed by atoms with Gasteiger partial charge in [0.15, 0.2) is 5.76 Å². The van der Waals surface area contributed by atoms with Gasteiger partial charge in [0.1, 0.15) is 11.4 Å². The molecule has 0 saturated heterocycles. The number of halogens is 3. The molecule has 2 N–H and O–H groups in total. The van der Waals surface area contributed by atoms with Crippen molar-refractivity contribution in [3.8, 4) is 28.3 Å². The quantitative estimate of drug-likeness (QED) is 0.159. The first kappa shape index (κ1) is 26.5. The van der Waals surface area contributed by atoms with Crippen molar-refractivity contribution < 1.29 is 27.2 Å². The average Bonchev–Trinajstić information content (AvgIpc) is 3.40. The molecule has 1 aromatic heterocycles. The number of fused-ring (bicyclic) bond motifs is 4. The lowest BCUT2D eigenvalue weighted by Gasteiger charge is -2.15. The van der Waals surface area contributed by atoms with Crippen LogP contribution in [0.1, 0.15) is 16.7 Å². The van der Waals surface area contributed by atoms with Gasteiger partial charge in [0.2, 0.25) is 0 Å². The average molecular weight is 575 g/mol. The predicted octanol–water partition coefficient (Wildman–Crippen LogP) is 7.96. The van der Waals surface area contributed by atoms with Crippen molar-refractivity contribution in [1.29, 1.82) is 0 Å². The number of rotatable bonds is 6. The van der Waals surface area contributed by atoms with Gasteiger partial charge in [0, 0.05) is 28.3 Å². The molecule has 2 amide bonds. The molecule has 0 fully saturated rings. The van der Waals surface area contributed by atoms with Gasteiger partial charge in [-0.1, -0.05) is 53.7 Å². The summed E-state index contributed by atoms with van der Waals surface area (Å²) < 4.78 is 53.9. The van der Waals surface area contributed by atoms with Crippen molar-refractivity contribution in [2.45, 2.75) is 19.2 Å². The van der Waals surface area contributed by atoms with Gasteiger partial charge < -0.3 is 14.6 Å². The van der Waals surface area contributed by atoms with E-state index in [0.717, 1.165) is 51.6 Å². The molecule has 11 heteroatoms. The summed E-state index contributed by atoms with van der Waals surface area (Å²) in [6.07, 6.45) is -1.70. The molecular formula is C30H21F3N4O3S. The Hall–Kier alpha value is -4.77. The zero-order valence-corrected chi connectivity index (χ0v) is 22.1. The number of hydrogen-bond acceptors (Lipinski definition) is 6. The van der Waals surface area contributed by atoms with Crippen LogP contribution in [0.25, 0.3) is 33.4 Å². The van der Waals surface area contributed by atoms with Crippen LogP contribution < -0.4 is 14.8 Å². The van der Waals surface area contributed by atoms with Crippen LogP contribution in [0, 0.1) is 0 Å². The van der Waals surface area contributed by atoms with Crippen LogP contribution >= 0.6 is 12.1 Å². The van der Waals surface area contributed by atoms with Crippen LogP contribution in [-0.2, 0) is 12.8 Å². The van der Waals surface area contributed by atoms with E-state index in [1.54, 1.807) is 6.21 Å². The van der Waals surface area contributed by atoms with Crippen LogP contribution in [0.5, 0.6) is 5.75 Å². The molecule has 0 bridgehead atoms. The molecule has 41 heavy (non-hydrogen) atoms. The van der Waals surface area contributed by atoms with E-state index >= 15 is 0 Å². The Kier molecular flexibility index (Phi) is 7.10. The first-order chi connectivity index (χ1) is 19.8. The summed E-state index contributed by atoms with van der Waals surface area (Å²) in [4.78, 5) is 12.4. The monoisotopic (exact) mass is 574 g/mol. The van der Waals surface area contributed by atoms with Crippen LogP contribution in [0.2, 0.25) is 0 Å². The maximum atomic E-state index is 12.5. The molecule has 0 spiro atoms. The molecule has 0 unspecified atom stereocenters. The number of benzene rings is 4. The highest BCUT2D eigenvalue weighted by Gasteiger charge is 2.31. The van der Waals surface area contributed by atoms with Gasteiger partial charge in [0.05, 0.1) is 17.8 Å². The number of nitrogens with zero attached hydrogens (tertiary/aromatic N) is 2. The van der Waals surface area contributed by atoms with Crippen molar-refractivity contribution in [2.75, 3.05) is 5.32 Å². The molecule has 1 heterocycles. The second-order valence-corrected chi connectivity index (χ2v) is 9.83. The Balaban J connectivity index is 1.09. The van der Waals surface area contributed by atoms with Crippen molar-refractivity contribution >= 4 is 40.8 Å². The summed E-state index contributed by atoms with van der Waals surface area (Å²) in [5, 5.41) is 9.08. The number of aromatic nitrogens is 1. The minimum atomic E-state index is -4.75. The van der Waals surface area contributed by atoms with E-state index in [2.05, 4.69) is 24.3 Å². The molecule has 7 nitrogen and oxygen atoms in total. The molecule has 5 aromatic rings. The second kappa shape index (κ2) is 11.0. The molecule has 4 aromatic carbocycles. The minimum absolute atomic E-state index is 0.298. The number of amides is 2. The molecule has 6 rings (SSSR count). The fourth-order valence-corrected chi connectivity index (χ4v) is 5.18. The summed E-state index contributed by atoms with van der Waals surface area (Å²) in [6.45, 7) is 0. The predicted molar refractivity (Wildman–Crippen MR) is 153 cm³/mol. The fraction of sp³-hybridized carbons (Fsp3) is 0.100. The van der Waals surface area contributed by atoms with Crippen LogP contribution in [0.3, 0.4) is 0 Å². The van der Waals surface area contributed by atoms with Crippen molar-refractivity contribution in [3.63, 3.8) is 0 Å². The molecule has 0 saturated carbocycles. The van der Waals surface area contributed by atoms with Gasteiger partial charge in [0.25, 0.3) is 0 Å². The molecule has 1 aliphatic carbocycles. The van der Waals surface area contributed by atoms with E-state index in [1.165, 1.54) is 24.3 Å². The number of carbonyl (C=O) groups excluding carboxylic acids is 1. The Morgan fingerprint density at radius 2 is 1.80 bits per heavy atom. The van der Waals surface area contributed by atoms with Crippen LogP contribution in [-0.4, -0.2) is 23.8 Å². The third-order valence-electron chi connectivity index (χ3n) is 6.60. The number of anilines is 1. The molecule has 1 aliphatic rings. The SMILES string of the molecule is O=C(NS/N=C/c1ccc2c(c1)CCc1c-2noc1-c1ccc(OC(F)(F)F)cc1)Nc1cccc2ccccc12. The zero-order chi connectivity index (χ0) is 28.4. The summed E-state index contributed by atoms with van der Waals surface area (Å²) in [5.74, 6) is 0.229. The van der Waals surface area contributed by atoms with E-state index in [9.17, 15) is 18.0 Å². The first-order valence-electron chi connectivity index (χ1n) is 12.6. The number of nitrogens with one attached hydrogen (secondary N) is 2. The maximum Gasteiger partial charge on any atom is 0.573 e. The highest BCUT2D eigenvalue weighted by molar-refractivity contribution is 7.96. The van der Waals surface area contributed by atoms with Gasteiger partial charge in [-0.3, -0.25) is 4.72 Å². The normalized spacial score (nSPS) is 12.7. The number of urea groups is 1. The van der Waals surface area contributed by atoms with E-state index in [-0.39, 0.29) is 11.8 Å². The molecular weight excluding hydrogens is 553 g/mol. The number of ether oxygens (including phenoxy) is 1. The summed E-state index contributed by atoms with van der Waals surface area (Å²) in [5.41, 5.74) is 5.80. The van der Waals surface area contributed by atoms with Gasteiger partial charge in [-0.2, -0.15) is 0 Å². The smallest absolute Gasteiger partial charge is 0.406 e. The zero-order valence-electron chi connectivity index (χ0n) is 21.2.